The van der Waals surface area contributed by atoms with E-state index in [2.05, 4.69) is 22.1 Å². The van der Waals surface area contributed by atoms with Crippen LogP contribution in [0.2, 0.25) is 0 Å². The molecule has 26 heavy (non-hydrogen) atoms. The summed E-state index contributed by atoms with van der Waals surface area (Å²) in [5, 5.41) is 5.16. The van der Waals surface area contributed by atoms with Crippen LogP contribution in [0.3, 0.4) is 0 Å². The first-order valence-electron chi connectivity index (χ1n) is 9.15. The molecule has 0 aromatic carbocycles. The van der Waals surface area contributed by atoms with Gasteiger partial charge < -0.3 is 15.0 Å². The van der Waals surface area contributed by atoms with Crippen LogP contribution in [0, 0.1) is 13.8 Å². The smallest absolute Gasteiger partial charge is 0.252 e. The first kappa shape index (κ1) is 17.4. The highest BCUT2D eigenvalue weighted by Gasteiger charge is 2.25. The molecule has 0 unspecified atom stereocenters. The van der Waals surface area contributed by atoms with E-state index in [4.69, 9.17) is 9.72 Å². The predicted octanol–water partition coefficient (Wildman–Crippen LogP) is 2.63. The molecule has 0 spiro atoms. The molecule has 7 heteroatoms. The third-order valence-electron chi connectivity index (χ3n) is 5.25. The molecule has 0 saturated carbocycles. The second-order valence-corrected chi connectivity index (χ2v) is 8.12. The Morgan fingerprint density at radius 1 is 1.42 bits per heavy atom. The molecule has 1 amide bonds. The molecule has 2 aromatic heterocycles. The molecule has 1 saturated heterocycles. The number of piperidine rings is 1. The summed E-state index contributed by atoms with van der Waals surface area (Å²) < 4.78 is 5.46. The van der Waals surface area contributed by atoms with E-state index >= 15 is 0 Å². The lowest BCUT2D eigenvalue weighted by Crippen LogP contribution is -2.48. The van der Waals surface area contributed by atoms with Gasteiger partial charge >= 0.3 is 0 Å². The lowest BCUT2D eigenvalue weighted by Gasteiger charge is -2.33. The Balaban J connectivity index is 1.44. The number of thiophene rings is 1. The van der Waals surface area contributed by atoms with E-state index in [0.717, 1.165) is 67.3 Å². The van der Waals surface area contributed by atoms with Gasteiger partial charge in [0, 0.05) is 47.6 Å². The van der Waals surface area contributed by atoms with Gasteiger partial charge in [0.2, 0.25) is 5.95 Å². The number of carbonyl (C=O) groups excluding carboxylic acids is 1. The molecule has 6 nitrogen and oxygen atoms in total. The average molecular weight is 372 g/mol. The van der Waals surface area contributed by atoms with Crippen LogP contribution in [0.5, 0.6) is 0 Å². The number of aryl methyl sites for hydroxylation is 1. The van der Waals surface area contributed by atoms with Crippen LogP contribution in [0.25, 0.3) is 0 Å². The minimum absolute atomic E-state index is 0.0298. The number of fused-ring (bicyclic) bond motifs is 1. The fourth-order valence-electron chi connectivity index (χ4n) is 3.55. The fourth-order valence-corrected chi connectivity index (χ4v) is 4.41. The summed E-state index contributed by atoms with van der Waals surface area (Å²) >= 11 is 1.63. The summed E-state index contributed by atoms with van der Waals surface area (Å²) in [5.41, 5.74) is 4.07. The largest absolute Gasteiger partial charge is 0.376 e. The normalized spacial score (nSPS) is 19.9. The topological polar surface area (TPSA) is 67.4 Å². The molecule has 4 heterocycles. The van der Waals surface area contributed by atoms with Crippen LogP contribution in [-0.2, 0) is 17.8 Å². The molecule has 1 atom stereocenters. The Labute approximate surface area is 157 Å². The van der Waals surface area contributed by atoms with Gasteiger partial charge in [0.1, 0.15) is 0 Å². The number of nitrogens with zero attached hydrogens (tertiary/aromatic N) is 3. The quantitative estimate of drug-likeness (QED) is 0.897. The van der Waals surface area contributed by atoms with Crippen molar-refractivity contribution in [2.24, 2.45) is 0 Å². The number of hydrogen-bond acceptors (Lipinski definition) is 6. The van der Waals surface area contributed by atoms with Crippen LogP contribution >= 0.6 is 11.3 Å². The summed E-state index contributed by atoms with van der Waals surface area (Å²) in [6, 6.07) is 0.124. The maximum absolute atomic E-state index is 12.6. The molecule has 2 aliphatic heterocycles. The fraction of sp³-hybridized carbons (Fsp3) is 0.526. The molecule has 138 valence electrons. The van der Waals surface area contributed by atoms with E-state index in [-0.39, 0.29) is 11.9 Å². The lowest BCUT2D eigenvalue weighted by molar-refractivity contribution is 0.0932. The number of amides is 1. The second-order valence-electron chi connectivity index (χ2n) is 7.03. The van der Waals surface area contributed by atoms with Crippen molar-refractivity contribution in [1.82, 2.24) is 15.3 Å². The summed E-state index contributed by atoms with van der Waals surface area (Å²) in [6.07, 6.45) is 4.74. The Morgan fingerprint density at radius 3 is 3.12 bits per heavy atom. The van der Waals surface area contributed by atoms with Gasteiger partial charge in [0.15, 0.2) is 0 Å². The van der Waals surface area contributed by atoms with Crippen molar-refractivity contribution in [2.45, 2.75) is 45.8 Å². The minimum Gasteiger partial charge on any atom is -0.376 e. The number of nitrogens with one attached hydrogen (secondary N) is 1. The molecule has 2 aromatic rings. The number of carbonyl (C=O) groups is 1. The minimum atomic E-state index is 0.0298. The molecule has 1 fully saturated rings. The monoisotopic (exact) mass is 372 g/mol. The van der Waals surface area contributed by atoms with Crippen LogP contribution in [-0.4, -0.2) is 41.6 Å². The van der Waals surface area contributed by atoms with E-state index < -0.39 is 0 Å². The Morgan fingerprint density at radius 2 is 2.31 bits per heavy atom. The second kappa shape index (κ2) is 7.32. The summed E-state index contributed by atoms with van der Waals surface area (Å²) in [5.74, 6) is 0.800. The van der Waals surface area contributed by atoms with E-state index in [1.807, 2.05) is 18.5 Å². The van der Waals surface area contributed by atoms with E-state index in [0.29, 0.717) is 6.61 Å². The van der Waals surface area contributed by atoms with Gasteiger partial charge in [-0.2, -0.15) is 0 Å². The number of aromatic nitrogens is 2. The van der Waals surface area contributed by atoms with Gasteiger partial charge in [-0.3, -0.25) is 4.79 Å². The summed E-state index contributed by atoms with van der Waals surface area (Å²) in [6.45, 7) is 7.08. The van der Waals surface area contributed by atoms with Crippen molar-refractivity contribution in [2.75, 3.05) is 24.6 Å². The SMILES string of the molecule is Cc1scc(C(=O)N[C@@H]2CCCN(c3ncc4c(n3)CCOC4)C2)c1C. The highest BCUT2D eigenvalue weighted by atomic mass is 32.1. The van der Waals surface area contributed by atoms with Crippen LogP contribution in [0.15, 0.2) is 11.6 Å². The van der Waals surface area contributed by atoms with E-state index in [1.54, 1.807) is 11.3 Å². The molecule has 1 N–H and O–H groups in total. The lowest BCUT2D eigenvalue weighted by atomic mass is 10.0. The summed E-state index contributed by atoms with van der Waals surface area (Å²) in [7, 11) is 0. The molecule has 0 bridgehead atoms. The van der Waals surface area contributed by atoms with Gasteiger partial charge in [-0.05, 0) is 32.3 Å². The predicted molar refractivity (Wildman–Crippen MR) is 102 cm³/mol. The Hall–Kier alpha value is -1.99. The van der Waals surface area contributed by atoms with E-state index in [1.165, 1.54) is 4.88 Å². The zero-order chi connectivity index (χ0) is 18.1. The molecule has 4 rings (SSSR count). The zero-order valence-corrected chi connectivity index (χ0v) is 16.1. The Kier molecular flexibility index (Phi) is 4.91. The standard InChI is InChI=1S/C19H24N4O2S/c1-12-13(2)26-11-16(12)18(24)21-15-4-3-6-23(9-15)19-20-8-14-10-25-7-5-17(14)22-19/h8,11,15H,3-7,9-10H2,1-2H3,(H,21,24)/t15-/m1/s1. The van der Waals surface area contributed by atoms with Crippen molar-refractivity contribution >= 4 is 23.2 Å². The van der Waals surface area contributed by atoms with Crippen molar-refractivity contribution in [3.63, 3.8) is 0 Å². The van der Waals surface area contributed by atoms with Gasteiger partial charge in [-0.15, -0.1) is 11.3 Å². The van der Waals surface area contributed by atoms with Gasteiger partial charge in [0.05, 0.1) is 24.5 Å². The van der Waals surface area contributed by atoms with Crippen LogP contribution in [0.4, 0.5) is 5.95 Å². The van der Waals surface area contributed by atoms with Gasteiger partial charge in [-0.25, -0.2) is 9.97 Å². The van der Waals surface area contributed by atoms with Crippen molar-refractivity contribution < 1.29 is 9.53 Å². The van der Waals surface area contributed by atoms with Crippen molar-refractivity contribution in [1.29, 1.82) is 0 Å². The number of anilines is 1. The third kappa shape index (κ3) is 3.46. The third-order valence-corrected chi connectivity index (χ3v) is 6.27. The molecule has 2 aliphatic rings. The highest BCUT2D eigenvalue weighted by Crippen LogP contribution is 2.23. The van der Waals surface area contributed by atoms with Gasteiger partial charge in [-0.1, -0.05) is 0 Å². The van der Waals surface area contributed by atoms with Gasteiger partial charge in [0.25, 0.3) is 5.91 Å². The van der Waals surface area contributed by atoms with Crippen LogP contribution < -0.4 is 10.2 Å². The Bertz CT molecular complexity index is 820. The molecule has 0 aliphatic carbocycles. The maximum Gasteiger partial charge on any atom is 0.252 e. The highest BCUT2D eigenvalue weighted by molar-refractivity contribution is 7.10. The molecule has 0 radical (unpaired) electrons. The summed E-state index contributed by atoms with van der Waals surface area (Å²) in [4.78, 5) is 25.3. The number of hydrogen-bond donors (Lipinski definition) is 1. The first-order chi connectivity index (χ1) is 12.6. The van der Waals surface area contributed by atoms with Crippen molar-refractivity contribution in [3.05, 3.63) is 38.8 Å². The first-order valence-corrected chi connectivity index (χ1v) is 10.0. The molecular weight excluding hydrogens is 348 g/mol. The maximum atomic E-state index is 12.6. The van der Waals surface area contributed by atoms with Crippen molar-refractivity contribution in [3.8, 4) is 0 Å². The average Bonchev–Trinajstić information content (AvgIpc) is 3.00. The zero-order valence-electron chi connectivity index (χ0n) is 15.2. The number of rotatable bonds is 3. The van der Waals surface area contributed by atoms with E-state index in [9.17, 15) is 4.79 Å². The van der Waals surface area contributed by atoms with Crippen LogP contribution in [0.1, 0.15) is 44.9 Å². The number of ether oxygens (including phenoxy) is 1. The molecular formula is C19H24N4O2S.